The lowest BCUT2D eigenvalue weighted by atomic mass is 10.2. The molecule has 0 radical (unpaired) electrons. The van der Waals surface area contributed by atoms with E-state index in [4.69, 9.17) is 9.47 Å². The van der Waals surface area contributed by atoms with Gasteiger partial charge < -0.3 is 14.8 Å². The summed E-state index contributed by atoms with van der Waals surface area (Å²) in [5.74, 6) is 0.744. The maximum Gasteiger partial charge on any atom is 0.407 e. The number of methoxy groups -OCH3 is 1. The first-order valence-electron chi connectivity index (χ1n) is 5.90. The van der Waals surface area contributed by atoms with Gasteiger partial charge in [0.05, 0.1) is 18.2 Å². The van der Waals surface area contributed by atoms with Crippen LogP contribution in [0.5, 0.6) is 5.75 Å². The van der Waals surface area contributed by atoms with Gasteiger partial charge in [-0.3, -0.25) is 0 Å². The third-order valence-corrected chi connectivity index (χ3v) is 3.04. The summed E-state index contributed by atoms with van der Waals surface area (Å²) in [6.45, 7) is 2.94. The van der Waals surface area contributed by atoms with Gasteiger partial charge in [-0.05, 0) is 40.0 Å². The smallest absolute Gasteiger partial charge is 0.407 e. The molecule has 0 atom stereocenters. The number of carbonyl (C=O) groups is 1. The number of amides is 1. The van der Waals surface area contributed by atoms with E-state index in [2.05, 4.69) is 28.2 Å². The number of benzene rings is 1. The molecular formula is C13H18BrNO3. The number of ether oxygens (including phenoxy) is 2. The summed E-state index contributed by atoms with van der Waals surface area (Å²) >= 11 is 3.38. The molecular weight excluding hydrogens is 298 g/mol. The molecule has 18 heavy (non-hydrogen) atoms. The Morgan fingerprint density at radius 2 is 2.22 bits per heavy atom. The van der Waals surface area contributed by atoms with Crippen molar-refractivity contribution in [3.63, 3.8) is 0 Å². The highest BCUT2D eigenvalue weighted by Crippen LogP contribution is 2.25. The lowest BCUT2D eigenvalue weighted by molar-refractivity contribution is 0.144. The number of nitrogens with one attached hydrogen (secondary N) is 1. The Hall–Kier alpha value is -1.23. The first-order valence-corrected chi connectivity index (χ1v) is 6.69. The van der Waals surface area contributed by atoms with Gasteiger partial charge in [0.15, 0.2) is 0 Å². The molecule has 1 aromatic carbocycles. The predicted molar refractivity (Wildman–Crippen MR) is 73.8 cm³/mol. The van der Waals surface area contributed by atoms with E-state index >= 15 is 0 Å². The quantitative estimate of drug-likeness (QED) is 0.817. The van der Waals surface area contributed by atoms with Crippen molar-refractivity contribution in [2.24, 2.45) is 0 Å². The van der Waals surface area contributed by atoms with E-state index in [0.29, 0.717) is 13.2 Å². The molecule has 4 nitrogen and oxygen atoms in total. The van der Waals surface area contributed by atoms with Crippen molar-refractivity contribution in [2.45, 2.75) is 26.3 Å². The first-order chi connectivity index (χ1) is 8.67. The highest BCUT2D eigenvalue weighted by atomic mass is 79.9. The van der Waals surface area contributed by atoms with Gasteiger partial charge in [-0.2, -0.15) is 0 Å². The Kier molecular flexibility index (Phi) is 6.57. The summed E-state index contributed by atoms with van der Waals surface area (Å²) in [6, 6.07) is 5.67. The number of hydrogen-bond donors (Lipinski definition) is 1. The zero-order valence-electron chi connectivity index (χ0n) is 10.7. The van der Waals surface area contributed by atoms with Crippen molar-refractivity contribution in [2.75, 3.05) is 13.7 Å². The summed E-state index contributed by atoms with van der Waals surface area (Å²) < 4.78 is 11.1. The first kappa shape index (κ1) is 14.8. The van der Waals surface area contributed by atoms with E-state index < -0.39 is 0 Å². The highest BCUT2D eigenvalue weighted by molar-refractivity contribution is 9.10. The third kappa shape index (κ3) is 4.96. The normalized spacial score (nSPS) is 9.94. The molecule has 100 valence electrons. The molecule has 0 bridgehead atoms. The molecule has 0 saturated carbocycles. The lowest BCUT2D eigenvalue weighted by Crippen LogP contribution is -2.24. The van der Waals surface area contributed by atoms with Crippen LogP contribution in [0.4, 0.5) is 4.79 Å². The molecule has 0 fully saturated rings. The van der Waals surface area contributed by atoms with Crippen molar-refractivity contribution in [3.05, 3.63) is 28.2 Å². The summed E-state index contributed by atoms with van der Waals surface area (Å²) in [4.78, 5) is 11.3. The van der Waals surface area contributed by atoms with Gasteiger partial charge in [-0.15, -0.1) is 0 Å². The molecule has 0 saturated heterocycles. The monoisotopic (exact) mass is 315 g/mol. The maximum atomic E-state index is 11.3. The van der Waals surface area contributed by atoms with E-state index in [0.717, 1.165) is 28.6 Å². The molecule has 0 aliphatic rings. The predicted octanol–water partition coefficient (Wildman–Crippen LogP) is 3.48. The topological polar surface area (TPSA) is 47.6 Å². The summed E-state index contributed by atoms with van der Waals surface area (Å²) in [7, 11) is 1.61. The second-order valence-corrected chi connectivity index (χ2v) is 4.67. The van der Waals surface area contributed by atoms with Crippen molar-refractivity contribution >= 4 is 22.0 Å². The molecule has 5 heteroatoms. The summed E-state index contributed by atoms with van der Waals surface area (Å²) in [5.41, 5.74) is 0.961. The number of alkyl carbamates (subject to hydrolysis) is 1. The highest BCUT2D eigenvalue weighted by Gasteiger charge is 2.04. The van der Waals surface area contributed by atoms with Crippen LogP contribution < -0.4 is 10.1 Å². The van der Waals surface area contributed by atoms with Crippen LogP contribution in [-0.2, 0) is 11.3 Å². The molecule has 0 aliphatic heterocycles. The molecule has 1 rings (SSSR count). The number of carbonyl (C=O) groups excluding carboxylic acids is 1. The number of rotatable bonds is 6. The average Bonchev–Trinajstić information content (AvgIpc) is 2.38. The second-order valence-electron chi connectivity index (χ2n) is 3.81. The van der Waals surface area contributed by atoms with E-state index in [1.54, 1.807) is 7.11 Å². The standard InChI is InChI=1S/C13H18BrNO3/c1-3-4-7-18-13(16)15-9-10-5-6-11(14)12(8-10)17-2/h5-6,8H,3-4,7,9H2,1-2H3,(H,15,16). The Morgan fingerprint density at radius 3 is 2.89 bits per heavy atom. The molecule has 0 aromatic heterocycles. The van der Waals surface area contributed by atoms with Crippen LogP contribution in [0, 0.1) is 0 Å². The van der Waals surface area contributed by atoms with Crippen LogP contribution in [0.15, 0.2) is 22.7 Å². The fraction of sp³-hybridized carbons (Fsp3) is 0.462. The summed E-state index contributed by atoms with van der Waals surface area (Å²) in [5, 5.41) is 2.70. The van der Waals surface area contributed by atoms with E-state index in [9.17, 15) is 4.79 Å². The van der Waals surface area contributed by atoms with Crippen LogP contribution in [0.3, 0.4) is 0 Å². The van der Waals surface area contributed by atoms with Crippen LogP contribution in [0.2, 0.25) is 0 Å². The summed E-state index contributed by atoms with van der Waals surface area (Å²) in [6.07, 6.45) is 1.52. The van der Waals surface area contributed by atoms with Crippen LogP contribution >= 0.6 is 15.9 Å². The van der Waals surface area contributed by atoms with E-state index in [1.807, 2.05) is 18.2 Å². The van der Waals surface area contributed by atoms with E-state index in [-0.39, 0.29) is 6.09 Å². The molecule has 1 aromatic rings. The van der Waals surface area contributed by atoms with Crippen LogP contribution in [0.1, 0.15) is 25.3 Å². The minimum Gasteiger partial charge on any atom is -0.496 e. The van der Waals surface area contributed by atoms with Crippen molar-refractivity contribution in [1.82, 2.24) is 5.32 Å². The fourth-order valence-corrected chi connectivity index (χ4v) is 1.76. The molecule has 0 aliphatic carbocycles. The van der Waals surface area contributed by atoms with Crippen molar-refractivity contribution in [1.29, 1.82) is 0 Å². The zero-order valence-corrected chi connectivity index (χ0v) is 12.2. The van der Waals surface area contributed by atoms with E-state index in [1.165, 1.54) is 0 Å². The number of hydrogen-bond acceptors (Lipinski definition) is 3. The van der Waals surface area contributed by atoms with Gasteiger partial charge in [0.25, 0.3) is 0 Å². The molecule has 0 spiro atoms. The van der Waals surface area contributed by atoms with Crippen molar-refractivity contribution < 1.29 is 14.3 Å². The molecule has 0 unspecified atom stereocenters. The Balaban J connectivity index is 2.41. The molecule has 0 heterocycles. The minimum atomic E-state index is -0.384. The number of halogens is 1. The molecule has 1 amide bonds. The third-order valence-electron chi connectivity index (χ3n) is 2.38. The Bertz CT molecular complexity index is 396. The zero-order chi connectivity index (χ0) is 13.4. The second kappa shape index (κ2) is 7.97. The van der Waals surface area contributed by atoms with Gasteiger partial charge in [-0.25, -0.2) is 4.79 Å². The minimum absolute atomic E-state index is 0.384. The van der Waals surface area contributed by atoms with Gasteiger partial charge in [0.1, 0.15) is 5.75 Å². The van der Waals surface area contributed by atoms with Crippen LogP contribution in [0.25, 0.3) is 0 Å². The van der Waals surface area contributed by atoms with Gasteiger partial charge in [0, 0.05) is 6.54 Å². The molecule has 1 N–H and O–H groups in total. The van der Waals surface area contributed by atoms with Gasteiger partial charge in [-0.1, -0.05) is 19.4 Å². The fourth-order valence-electron chi connectivity index (χ4n) is 1.35. The maximum absolute atomic E-state index is 11.3. The SMILES string of the molecule is CCCCOC(=O)NCc1ccc(Br)c(OC)c1. The van der Waals surface area contributed by atoms with Gasteiger partial charge >= 0.3 is 6.09 Å². The average molecular weight is 316 g/mol. The van der Waals surface area contributed by atoms with Crippen LogP contribution in [-0.4, -0.2) is 19.8 Å². The lowest BCUT2D eigenvalue weighted by Gasteiger charge is -2.08. The largest absolute Gasteiger partial charge is 0.496 e. The Labute approximate surface area is 116 Å². The van der Waals surface area contributed by atoms with Gasteiger partial charge in [0.2, 0.25) is 0 Å². The Morgan fingerprint density at radius 1 is 1.44 bits per heavy atom. The van der Waals surface area contributed by atoms with Crippen molar-refractivity contribution in [3.8, 4) is 5.75 Å². The number of unbranched alkanes of at least 4 members (excludes halogenated alkanes) is 1.